The Balaban J connectivity index is 2.42. The summed E-state index contributed by atoms with van der Waals surface area (Å²) in [5.41, 5.74) is 2.93. The molecule has 0 aromatic heterocycles. The van der Waals surface area contributed by atoms with E-state index in [4.69, 9.17) is 4.74 Å². The van der Waals surface area contributed by atoms with Gasteiger partial charge >= 0.3 is 0 Å². The van der Waals surface area contributed by atoms with Crippen molar-refractivity contribution in [3.63, 3.8) is 0 Å². The minimum atomic E-state index is -3.75. The summed E-state index contributed by atoms with van der Waals surface area (Å²) < 4.78 is 31.5. The fraction of sp³-hybridized carbons (Fsp3) is 0.391. The van der Waals surface area contributed by atoms with Crippen molar-refractivity contribution in [1.29, 1.82) is 0 Å². The number of hydrogen-bond donors (Lipinski definition) is 1. The van der Waals surface area contributed by atoms with Crippen molar-refractivity contribution in [2.75, 3.05) is 31.3 Å². The number of likely N-dealkylation sites (N-methyl/N-ethyl adjacent to an activating group) is 1. The van der Waals surface area contributed by atoms with E-state index in [2.05, 4.69) is 5.32 Å². The second kappa shape index (κ2) is 10.5. The number of nitrogens with one attached hydrogen (secondary N) is 1. The number of nitrogens with zero attached hydrogens (tertiary/aromatic N) is 2. The number of hydrogen-bond acceptors (Lipinski definition) is 5. The smallest absolute Gasteiger partial charge is 0.244 e. The van der Waals surface area contributed by atoms with Crippen LogP contribution in [0.5, 0.6) is 5.75 Å². The third-order valence-corrected chi connectivity index (χ3v) is 6.21. The Hall–Kier alpha value is -3.07. The maximum atomic E-state index is 13.4. The van der Waals surface area contributed by atoms with Crippen LogP contribution in [-0.4, -0.2) is 58.1 Å². The number of carbonyl (C=O) groups is 2. The SMILES string of the molecule is CNC(=O)[C@H](C)N(Cc1cccc(OC)c1)C(=O)CN(c1cc(C)cc(C)c1)S(C)(=O)=O. The number of rotatable bonds is 9. The fourth-order valence-electron chi connectivity index (χ4n) is 3.47. The largest absolute Gasteiger partial charge is 0.497 e. The van der Waals surface area contributed by atoms with Crippen LogP contribution in [0.15, 0.2) is 42.5 Å². The molecule has 8 nitrogen and oxygen atoms in total. The molecule has 0 spiro atoms. The highest BCUT2D eigenvalue weighted by Gasteiger charge is 2.29. The highest BCUT2D eigenvalue weighted by molar-refractivity contribution is 7.92. The van der Waals surface area contributed by atoms with E-state index in [1.807, 2.05) is 26.0 Å². The van der Waals surface area contributed by atoms with Crippen LogP contribution >= 0.6 is 0 Å². The molecule has 0 saturated heterocycles. The van der Waals surface area contributed by atoms with Gasteiger partial charge in [0.2, 0.25) is 21.8 Å². The minimum absolute atomic E-state index is 0.120. The summed E-state index contributed by atoms with van der Waals surface area (Å²) in [6.07, 6.45) is 1.06. The summed E-state index contributed by atoms with van der Waals surface area (Å²) in [5.74, 6) is -0.220. The monoisotopic (exact) mass is 461 g/mol. The van der Waals surface area contributed by atoms with Crippen LogP contribution in [0.2, 0.25) is 0 Å². The molecule has 174 valence electrons. The van der Waals surface area contributed by atoms with Gasteiger partial charge in [0.25, 0.3) is 0 Å². The zero-order valence-corrected chi connectivity index (χ0v) is 20.2. The van der Waals surface area contributed by atoms with E-state index in [9.17, 15) is 18.0 Å². The zero-order valence-electron chi connectivity index (χ0n) is 19.4. The Labute approximate surface area is 190 Å². The van der Waals surface area contributed by atoms with E-state index >= 15 is 0 Å². The standard InChI is InChI=1S/C23H31N3O5S/c1-16-10-17(2)12-20(11-16)26(32(6,29)30)15-22(27)25(18(3)23(28)24-4)14-19-8-7-9-21(13-19)31-5/h7-13,18H,14-15H2,1-6H3,(H,24,28)/t18-/m0/s1. The normalized spacial score (nSPS) is 12.1. The van der Waals surface area contributed by atoms with Crippen LogP contribution in [0.3, 0.4) is 0 Å². The van der Waals surface area contributed by atoms with Crippen molar-refractivity contribution in [3.8, 4) is 5.75 Å². The van der Waals surface area contributed by atoms with Crippen molar-refractivity contribution < 1.29 is 22.7 Å². The van der Waals surface area contributed by atoms with Gasteiger partial charge in [0, 0.05) is 13.6 Å². The number of amides is 2. The molecule has 0 saturated carbocycles. The first-order chi connectivity index (χ1) is 15.0. The molecule has 0 aliphatic carbocycles. The summed E-state index contributed by atoms with van der Waals surface area (Å²) in [4.78, 5) is 27.1. The van der Waals surface area contributed by atoms with E-state index in [0.717, 1.165) is 27.3 Å². The second-order valence-corrected chi connectivity index (χ2v) is 9.69. The Kier molecular flexibility index (Phi) is 8.26. The first kappa shape index (κ1) is 25.2. The third kappa shape index (κ3) is 6.46. The van der Waals surface area contributed by atoms with E-state index in [1.165, 1.54) is 11.9 Å². The van der Waals surface area contributed by atoms with E-state index in [0.29, 0.717) is 11.4 Å². The third-order valence-electron chi connectivity index (χ3n) is 5.07. The van der Waals surface area contributed by atoms with Crippen molar-refractivity contribution in [2.24, 2.45) is 0 Å². The quantitative estimate of drug-likeness (QED) is 0.618. The van der Waals surface area contributed by atoms with Gasteiger partial charge in [0.1, 0.15) is 18.3 Å². The Morgan fingerprint density at radius 2 is 1.72 bits per heavy atom. The van der Waals surface area contributed by atoms with Crippen LogP contribution in [0.4, 0.5) is 5.69 Å². The molecule has 2 rings (SSSR count). The molecule has 0 aliphatic heterocycles. The summed E-state index contributed by atoms with van der Waals surface area (Å²) >= 11 is 0. The minimum Gasteiger partial charge on any atom is -0.497 e. The highest BCUT2D eigenvalue weighted by Crippen LogP contribution is 2.22. The van der Waals surface area contributed by atoms with Gasteiger partial charge in [0.05, 0.1) is 19.1 Å². The van der Waals surface area contributed by atoms with Crippen LogP contribution < -0.4 is 14.4 Å². The molecule has 2 aromatic carbocycles. The zero-order chi connectivity index (χ0) is 24.1. The predicted octanol–water partition coefficient (Wildman–Crippen LogP) is 2.24. The lowest BCUT2D eigenvalue weighted by atomic mass is 10.1. The highest BCUT2D eigenvalue weighted by atomic mass is 32.2. The Morgan fingerprint density at radius 1 is 1.09 bits per heavy atom. The van der Waals surface area contributed by atoms with Gasteiger partial charge in [-0.05, 0) is 61.7 Å². The molecule has 0 aliphatic rings. The summed E-state index contributed by atoms with van der Waals surface area (Å²) in [6.45, 7) is 5.03. The van der Waals surface area contributed by atoms with Crippen LogP contribution in [0, 0.1) is 13.8 Å². The topological polar surface area (TPSA) is 96.0 Å². The molecule has 32 heavy (non-hydrogen) atoms. The number of ether oxygens (including phenoxy) is 1. The van der Waals surface area contributed by atoms with Gasteiger partial charge in [-0.1, -0.05) is 18.2 Å². The lowest BCUT2D eigenvalue weighted by Crippen LogP contribution is -2.50. The molecule has 9 heteroatoms. The maximum absolute atomic E-state index is 13.4. The van der Waals surface area contributed by atoms with Crippen LogP contribution in [-0.2, 0) is 26.2 Å². The maximum Gasteiger partial charge on any atom is 0.244 e. The molecular formula is C23H31N3O5S. The summed E-state index contributed by atoms with van der Waals surface area (Å²) in [6, 6.07) is 11.7. The first-order valence-corrected chi connectivity index (χ1v) is 12.0. The van der Waals surface area contributed by atoms with Gasteiger partial charge in [-0.25, -0.2) is 8.42 Å². The molecule has 0 bridgehead atoms. The average molecular weight is 462 g/mol. The van der Waals surface area contributed by atoms with Crippen molar-refractivity contribution in [1.82, 2.24) is 10.2 Å². The first-order valence-electron chi connectivity index (χ1n) is 10.2. The Morgan fingerprint density at radius 3 is 2.25 bits per heavy atom. The molecule has 1 atom stereocenters. The van der Waals surface area contributed by atoms with Crippen molar-refractivity contribution >= 4 is 27.5 Å². The molecule has 0 fully saturated rings. The molecule has 1 N–H and O–H groups in total. The lowest BCUT2D eigenvalue weighted by molar-refractivity contribution is -0.139. The fourth-order valence-corrected chi connectivity index (χ4v) is 4.30. The van der Waals surface area contributed by atoms with Gasteiger partial charge in [-0.15, -0.1) is 0 Å². The summed E-state index contributed by atoms with van der Waals surface area (Å²) in [7, 11) is -0.714. The van der Waals surface area contributed by atoms with Crippen LogP contribution in [0.1, 0.15) is 23.6 Å². The van der Waals surface area contributed by atoms with Crippen molar-refractivity contribution in [2.45, 2.75) is 33.4 Å². The van der Waals surface area contributed by atoms with Gasteiger partial charge in [-0.2, -0.15) is 0 Å². The number of anilines is 1. The van der Waals surface area contributed by atoms with Crippen LogP contribution in [0.25, 0.3) is 0 Å². The molecule has 0 unspecified atom stereocenters. The average Bonchev–Trinajstić information content (AvgIpc) is 2.73. The molecule has 2 amide bonds. The van der Waals surface area contributed by atoms with Crippen molar-refractivity contribution in [3.05, 3.63) is 59.2 Å². The van der Waals surface area contributed by atoms with E-state index in [1.54, 1.807) is 44.4 Å². The number of methoxy groups -OCH3 is 1. The van der Waals surface area contributed by atoms with E-state index in [-0.39, 0.29) is 12.5 Å². The number of aryl methyl sites for hydroxylation is 2. The predicted molar refractivity (Wildman–Crippen MR) is 125 cm³/mol. The lowest BCUT2D eigenvalue weighted by Gasteiger charge is -2.31. The number of carbonyl (C=O) groups excluding carboxylic acids is 2. The number of sulfonamides is 1. The summed E-state index contributed by atoms with van der Waals surface area (Å²) in [5, 5.41) is 2.55. The van der Waals surface area contributed by atoms with E-state index < -0.39 is 28.5 Å². The molecular weight excluding hydrogens is 430 g/mol. The number of benzene rings is 2. The van der Waals surface area contributed by atoms with Gasteiger partial charge in [-0.3, -0.25) is 13.9 Å². The Bertz CT molecular complexity index is 1060. The van der Waals surface area contributed by atoms with Gasteiger partial charge < -0.3 is 15.0 Å². The van der Waals surface area contributed by atoms with Gasteiger partial charge in [0.15, 0.2) is 0 Å². The second-order valence-electron chi connectivity index (χ2n) is 7.78. The molecule has 2 aromatic rings. The molecule has 0 radical (unpaired) electrons. The molecule has 0 heterocycles.